The third-order valence-corrected chi connectivity index (χ3v) is 9.88. The van der Waals surface area contributed by atoms with Crippen molar-refractivity contribution in [1.29, 1.82) is 0 Å². The van der Waals surface area contributed by atoms with Crippen molar-refractivity contribution in [1.82, 2.24) is 19.5 Å². The van der Waals surface area contributed by atoms with E-state index < -0.39 is 0 Å². The first-order valence-electron chi connectivity index (χ1n) is 16.9. The molecule has 0 unspecified atom stereocenters. The molecular formula is C45H26N4O2. The Hall–Kier alpha value is -7.05. The Balaban J connectivity index is 1.18. The molecule has 4 heterocycles. The van der Waals surface area contributed by atoms with E-state index in [1.54, 1.807) is 0 Å². The molecule has 0 aliphatic rings. The minimum absolute atomic E-state index is 0.541. The summed E-state index contributed by atoms with van der Waals surface area (Å²) < 4.78 is 14.7. The van der Waals surface area contributed by atoms with Gasteiger partial charge in [-0.2, -0.15) is 9.97 Å². The molecule has 0 spiro atoms. The Kier molecular flexibility index (Phi) is 5.86. The zero-order valence-corrected chi connectivity index (χ0v) is 27.1. The number of nitrogens with zero attached hydrogens (tertiary/aromatic N) is 4. The number of hydrogen-bond acceptors (Lipinski definition) is 5. The van der Waals surface area contributed by atoms with Gasteiger partial charge in [-0.3, -0.25) is 4.57 Å². The normalized spacial score (nSPS) is 11.9. The van der Waals surface area contributed by atoms with Crippen LogP contribution in [0.3, 0.4) is 0 Å². The topological polar surface area (TPSA) is 69.9 Å². The van der Waals surface area contributed by atoms with Gasteiger partial charge < -0.3 is 8.83 Å². The molecule has 0 N–H and O–H groups in total. The number of furan rings is 2. The molecule has 0 aliphatic carbocycles. The Morgan fingerprint density at radius 1 is 0.373 bits per heavy atom. The van der Waals surface area contributed by atoms with Gasteiger partial charge in [-0.05, 0) is 53.6 Å². The van der Waals surface area contributed by atoms with Gasteiger partial charge in [-0.1, -0.05) is 115 Å². The first-order chi connectivity index (χ1) is 25.3. The van der Waals surface area contributed by atoms with Gasteiger partial charge in [-0.15, -0.1) is 0 Å². The highest BCUT2D eigenvalue weighted by Gasteiger charge is 2.21. The van der Waals surface area contributed by atoms with Crippen molar-refractivity contribution in [2.45, 2.75) is 0 Å². The smallest absolute Gasteiger partial charge is 0.238 e. The first-order valence-corrected chi connectivity index (χ1v) is 16.9. The van der Waals surface area contributed by atoms with Gasteiger partial charge in [0.2, 0.25) is 5.95 Å². The lowest BCUT2D eigenvalue weighted by Crippen LogP contribution is -2.06. The number of para-hydroxylation sites is 3. The van der Waals surface area contributed by atoms with Crippen LogP contribution in [0, 0.1) is 0 Å². The molecule has 11 aromatic rings. The van der Waals surface area contributed by atoms with Crippen molar-refractivity contribution in [3.8, 4) is 39.9 Å². The summed E-state index contributed by atoms with van der Waals surface area (Å²) in [6, 6.07) is 53.9. The summed E-state index contributed by atoms with van der Waals surface area (Å²) in [6.45, 7) is 0. The highest BCUT2D eigenvalue weighted by Crippen LogP contribution is 2.39. The minimum atomic E-state index is 0.541. The number of aromatic nitrogens is 4. The number of fused-ring (bicyclic) bond motifs is 9. The van der Waals surface area contributed by atoms with Gasteiger partial charge in [0.25, 0.3) is 0 Å². The molecule has 0 saturated heterocycles. The van der Waals surface area contributed by atoms with Crippen LogP contribution >= 0.6 is 0 Å². The number of rotatable bonds is 4. The molecular weight excluding hydrogens is 629 g/mol. The fourth-order valence-corrected chi connectivity index (χ4v) is 7.53. The van der Waals surface area contributed by atoms with Gasteiger partial charge in [-0.25, -0.2) is 4.98 Å². The van der Waals surface area contributed by atoms with Crippen LogP contribution < -0.4 is 0 Å². The summed E-state index contributed by atoms with van der Waals surface area (Å²) >= 11 is 0. The van der Waals surface area contributed by atoms with Crippen LogP contribution in [0.2, 0.25) is 0 Å². The average molecular weight is 655 g/mol. The lowest BCUT2D eigenvalue weighted by molar-refractivity contribution is 0.668. The quantitative estimate of drug-likeness (QED) is 0.189. The van der Waals surface area contributed by atoms with Crippen LogP contribution in [0.5, 0.6) is 0 Å². The van der Waals surface area contributed by atoms with Crippen molar-refractivity contribution < 1.29 is 8.83 Å². The van der Waals surface area contributed by atoms with Crippen LogP contribution in [0.4, 0.5) is 0 Å². The molecule has 0 saturated carbocycles. The van der Waals surface area contributed by atoms with Gasteiger partial charge in [0, 0.05) is 43.4 Å². The fraction of sp³-hybridized carbons (Fsp3) is 0. The van der Waals surface area contributed by atoms with E-state index in [0.717, 1.165) is 87.9 Å². The predicted molar refractivity (Wildman–Crippen MR) is 205 cm³/mol. The molecule has 0 fully saturated rings. The van der Waals surface area contributed by atoms with Crippen molar-refractivity contribution in [2.24, 2.45) is 0 Å². The Labute approximate surface area is 290 Å². The molecule has 51 heavy (non-hydrogen) atoms. The van der Waals surface area contributed by atoms with Gasteiger partial charge in [0.1, 0.15) is 22.3 Å². The summed E-state index contributed by atoms with van der Waals surface area (Å²) in [7, 11) is 0. The van der Waals surface area contributed by atoms with Crippen LogP contribution in [-0.2, 0) is 0 Å². The lowest BCUT2D eigenvalue weighted by Gasteiger charge is -2.12. The summed E-state index contributed by atoms with van der Waals surface area (Å²) in [5.74, 6) is 1.71. The second kappa shape index (κ2) is 10.7. The molecule has 6 nitrogen and oxygen atoms in total. The van der Waals surface area contributed by atoms with E-state index >= 15 is 0 Å². The Morgan fingerprint density at radius 3 is 1.84 bits per heavy atom. The summed E-state index contributed by atoms with van der Waals surface area (Å²) in [5.41, 5.74) is 9.33. The van der Waals surface area contributed by atoms with Crippen molar-refractivity contribution >= 4 is 65.7 Å². The third-order valence-electron chi connectivity index (χ3n) is 9.88. The first kappa shape index (κ1) is 27.9. The van der Waals surface area contributed by atoms with E-state index in [-0.39, 0.29) is 0 Å². The van der Waals surface area contributed by atoms with E-state index in [1.807, 2.05) is 78.9 Å². The standard InChI is InChI=1S/C45H26N4O2/c1-2-11-27(12-3-1)43-46-44(35-16-10-20-40-42(35)34-15-6-9-19-39(34)50-40)48-45(47-43)49-36-17-7-4-13-30(36)31-23-21-28(25-37(31)49)29-22-24-33-32-14-5-8-18-38(32)51-41(33)26-29/h1-26H. The highest BCUT2D eigenvalue weighted by atomic mass is 16.3. The largest absolute Gasteiger partial charge is 0.456 e. The highest BCUT2D eigenvalue weighted by molar-refractivity contribution is 6.13. The van der Waals surface area contributed by atoms with E-state index in [4.69, 9.17) is 23.8 Å². The van der Waals surface area contributed by atoms with Crippen LogP contribution in [-0.4, -0.2) is 19.5 Å². The van der Waals surface area contributed by atoms with E-state index in [0.29, 0.717) is 17.6 Å². The summed E-state index contributed by atoms with van der Waals surface area (Å²) in [4.78, 5) is 15.5. The third kappa shape index (κ3) is 4.26. The van der Waals surface area contributed by atoms with E-state index in [1.165, 1.54) is 0 Å². The van der Waals surface area contributed by atoms with Crippen molar-refractivity contribution in [2.75, 3.05) is 0 Å². The van der Waals surface area contributed by atoms with Crippen molar-refractivity contribution in [3.05, 3.63) is 158 Å². The van der Waals surface area contributed by atoms with Gasteiger partial charge in [0.05, 0.1) is 11.0 Å². The van der Waals surface area contributed by atoms with Crippen molar-refractivity contribution in [3.63, 3.8) is 0 Å². The molecule has 238 valence electrons. The molecule has 0 aliphatic heterocycles. The molecule has 0 atom stereocenters. The molecule has 0 radical (unpaired) electrons. The molecule has 0 amide bonds. The predicted octanol–water partition coefficient (Wildman–Crippen LogP) is 11.8. The average Bonchev–Trinajstić information content (AvgIpc) is 3.87. The molecule has 7 aromatic carbocycles. The molecule has 4 aromatic heterocycles. The zero-order chi connectivity index (χ0) is 33.5. The Bertz CT molecular complexity index is 3150. The van der Waals surface area contributed by atoms with E-state index in [9.17, 15) is 0 Å². The minimum Gasteiger partial charge on any atom is -0.456 e. The monoisotopic (exact) mass is 654 g/mol. The SMILES string of the molecule is c1ccc(-c2nc(-c3cccc4oc5ccccc5c34)nc(-n3c4ccccc4c4ccc(-c5ccc6c(c5)oc5ccccc56)cc43)n2)cc1. The second-order valence-electron chi connectivity index (χ2n) is 12.8. The zero-order valence-electron chi connectivity index (χ0n) is 27.1. The molecule has 11 rings (SSSR count). The maximum absolute atomic E-state index is 6.27. The molecule has 0 bridgehead atoms. The molecule has 6 heteroatoms. The van der Waals surface area contributed by atoms with Crippen LogP contribution in [0.25, 0.3) is 106 Å². The maximum atomic E-state index is 6.27. The Morgan fingerprint density at radius 2 is 0.980 bits per heavy atom. The summed E-state index contributed by atoms with van der Waals surface area (Å²) in [5, 5.41) is 6.47. The lowest BCUT2D eigenvalue weighted by atomic mass is 10.0. The van der Waals surface area contributed by atoms with Gasteiger partial charge >= 0.3 is 0 Å². The maximum Gasteiger partial charge on any atom is 0.238 e. The number of hydrogen-bond donors (Lipinski definition) is 0. The second-order valence-corrected chi connectivity index (χ2v) is 12.8. The fourth-order valence-electron chi connectivity index (χ4n) is 7.53. The number of benzene rings is 7. The van der Waals surface area contributed by atoms with Crippen LogP contribution in [0.15, 0.2) is 167 Å². The summed E-state index contributed by atoms with van der Waals surface area (Å²) in [6.07, 6.45) is 0. The van der Waals surface area contributed by atoms with Gasteiger partial charge in [0.15, 0.2) is 11.6 Å². The van der Waals surface area contributed by atoms with E-state index in [2.05, 4.69) is 83.4 Å². The van der Waals surface area contributed by atoms with Crippen LogP contribution in [0.1, 0.15) is 0 Å².